The van der Waals surface area contributed by atoms with Crippen LogP contribution in [0.15, 0.2) is 82.0 Å². The van der Waals surface area contributed by atoms with E-state index in [1.54, 1.807) is 34.9 Å². The first-order chi connectivity index (χ1) is 15.5. The fourth-order valence-corrected chi connectivity index (χ4v) is 3.29. The van der Waals surface area contributed by atoms with Gasteiger partial charge in [0.1, 0.15) is 12.4 Å². The molecule has 4 aromatic rings. The van der Waals surface area contributed by atoms with Crippen LogP contribution in [-0.4, -0.2) is 36.0 Å². The van der Waals surface area contributed by atoms with Gasteiger partial charge in [-0.25, -0.2) is 4.79 Å². The van der Waals surface area contributed by atoms with Gasteiger partial charge < -0.3 is 19.4 Å². The van der Waals surface area contributed by atoms with Gasteiger partial charge >= 0.3 is 5.76 Å². The van der Waals surface area contributed by atoms with Gasteiger partial charge in [-0.15, -0.1) is 0 Å². The minimum atomic E-state index is -0.404. The molecule has 7 nitrogen and oxygen atoms in total. The van der Waals surface area contributed by atoms with Gasteiger partial charge in [-0.05, 0) is 62.1 Å². The molecule has 0 aliphatic carbocycles. The van der Waals surface area contributed by atoms with Crippen molar-refractivity contribution in [1.82, 2.24) is 9.47 Å². The predicted molar refractivity (Wildman–Crippen MR) is 124 cm³/mol. The maximum atomic E-state index is 12.7. The molecule has 0 saturated heterocycles. The highest BCUT2D eigenvalue weighted by atomic mass is 16.5. The van der Waals surface area contributed by atoms with E-state index in [4.69, 9.17) is 9.15 Å². The van der Waals surface area contributed by atoms with Crippen LogP contribution in [0.2, 0.25) is 0 Å². The summed E-state index contributed by atoms with van der Waals surface area (Å²) in [5.74, 6) is 0.164. The number of carbonyl (C=O) groups is 1. The van der Waals surface area contributed by atoms with Crippen LogP contribution >= 0.6 is 0 Å². The number of amides is 1. The van der Waals surface area contributed by atoms with E-state index in [1.807, 2.05) is 61.5 Å². The van der Waals surface area contributed by atoms with Gasteiger partial charge in [-0.3, -0.25) is 9.36 Å². The van der Waals surface area contributed by atoms with Crippen LogP contribution in [0.3, 0.4) is 0 Å². The summed E-state index contributed by atoms with van der Waals surface area (Å²) in [5.41, 5.74) is 3.25. The molecule has 0 saturated carbocycles. The van der Waals surface area contributed by atoms with E-state index in [0.29, 0.717) is 42.0 Å². The standard InChI is InChI=1S/C25H25N3O4/c1-27(2)14-15-28-22-16-20(12-13-23(22)32-25(28)30)26-24(29)19-10-8-18(9-11-19)17-31-21-6-4-3-5-7-21/h3-13,16H,14-15,17H2,1-2H3,(H,26,29). The number of likely N-dealkylation sites (N-methyl/N-ethyl adjacent to an activating group) is 1. The number of para-hydroxylation sites is 1. The molecular weight excluding hydrogens is 406 g/mol. The van der Waals surface area contributed by atoms with Gasteiger partial charge in [-0.1, -0.05) is 30.3 Å². The van der Waals surface area contributed by atoms with Crippen LogP contribution in [0.1, 0.15) is 15.9 Å². The third-order valence-corrected chi connectivity index (χ3v) is 5.06. The summed E-state index contributed by atoms with van der Waals surface area (Å²) in [6.07, 6.45) is 0. The lowest BCUT2D eigenvalue weighted by molar-refractivity contribution is 0.102. The first-order valence-corrected chi connectivity index (χ1v) is 10.4. The van der Waals surface area contributed by atoms with E-state index >= 15 is 0 Å². The van der Waals surface area contributed by atoms with E-state index in [1.165, 1.54) is 0 Å². The number of oxazole rings is 1. The molecule has 0 bridgehead atoms. The molecule has 4 rings (SSSR count). The van der Waals surface area contributed by atoms with Crippen LogP contribution < -0.4 is 15.8 Å². The Kier molecular flexibility index (Phi) is 6.37. The van der Waals surface area contributed by atoms with Crippen molar-refractivity contribution in [2.45, 2.75) is 13.2 Å². The summed E-state index contributed by atoms with van der Waals surface area (Å²) in [4.78, 5) is 26.9. The quantitative estimate of drug-likeness (QED) is 0.457. The van der Waals surface area contributed by atoms with Crippen molar-refractivity contribution in [3.8, 4) is 5.75 Å². The molecule has 1 amide bonds. The van der Waals surface area contributed by atoms with Gasteiger partial charge in [0.15, 0.2) is 5.58 Å². The maximum absolute atomic E-state index is 12.7. The molecule has 0 spiro atoms. The largest absolute Gasteiger partial charge is 0.489 e. The molecule has 1 N–H and O–H groups in total. The van der Waals surface area contributed by atoms with Crippen LogP contribution in [0.25, 0.3) is 11.1 Å². The molecule has 1 heterocycles. The SMILES string of the molecule is CN(C)CCn1c(=O)oc2ccc(NC(=O)c3ccc(COc4ccccc4)cc3)cc21. The summed E-state index contributed by atoms with van der Waals surface area (Å²) in [6.45, 7) is 1.63. The number of benzene rings is 3. The number of rotatable bonds is 8. The van der Waals surface area contributed by atoms with Crippen molar-refractivity contribution in [2.24, 2.45) is 0 Å². The second-order valence-electron chi connectivity index (χ2n) is 7.76. The Bertz CT molecular complexity index is 1260. The minimum Gasteiger partial charge on any atom is -0.489 e. The monoisotopic (exact) mass is 431 g/mol. The Morgan fingerprint density at radius 2 is 1.78 bits per heavy atom. The number of aromatic nitrogens is 1. The van der Waals surface area contributed by atoms with E-state index in [0.717, 1.165) is 11.3 Å². The average Bonchev–Trinajstić information content (AvgIpc) is 3.11. The molecule has 7 heteroatoms. The summed E-state index contributed by atoms with van der Waals surface area (Å²) >= 11 is 0. The van der Waals surface area contributed by atoms with Crippen molar-refractivity contribution >= 4 is 22.7 Å². The molecule has 0 unspecified atom stereocenters. The van der Waals surface area contributed by atoms with Crippen LogP contribution in [0, 0.1) is 0 Å². The zero-order valence-corrected chi connectivity index (χ0v) is 18.1. The summed E-state index contributed by atoms with van der Waals surface area (Å²) < 4.78 is 12.6. The van der Waals surface area contributed by atoms with Crippen molar-refractivity contribution in [3.63, 3.8) is 0 Å². The number of hydrogen-bond donors (Lipinski definition) is 1. The molecule has 32 heavy (non-hydrogen) atoms. The Morgan fingerprint density at radius 1 is 1.03 bits per heavy atom. The Hall–Kier alpha value is -3.84. The predicted octanol–water partition coefficient (Wildman–Crippen LogP) is 3.99. The van der Waals surface area contributed by atoms with E-state index < -0.39 is 5.76 Å². The number of ether oxygens (including phenoxy) is 1. The maximum Gasteiger partial charge on any atom is 0.419 e. The number of anilines is 1. The summed E-state index contributed by atoms with van der Waals surface area (Å²) in [7, 11) is 3.88. The molecule has 164 valence electrons. The van der Waals surface area contributed by atoms with Gasteiger partial charge in [0.05, 0.1) is 5.52 Å². The lowest BCUT2D eigenvalue weighted by Gasteiger charge is -2.10. The highest BCUT2D eigenvalue weighted by Crippen LogP contribution is 2.20. The lowest BCUT2D eigenvalue weighted by atomic mass is 10.1. The van der Waals surface area contributed by atoms with Crippen molar-refractivity contribution in [1.29, 1.82) is 0 Å². The molecule has 0 fully saturated rings. The second kappa shape index (κ2) is 9.53. The van der Waals surface area contributed by atoms with Crippen molar-refractivity contribution < 1.29 is 13.9 Å². The Balaban J connectivity index is 1.43. The zero-order chi connectivity index (χ0) is 22.5. The smallest absolute Gasteiger partial charge is 0.419 e. The number of fused-ring (bicyclic) bond motifs is 1. The van der Waals surface area contributed by atoms with Crippen molar-refractivity contribution in [3.05, 3.63) is 94.5 Å². The summed E-state index contributed by atoms with van der Waals surface area (Å²) in [5, 5.41) is 2.89. The first kappa shape index (κ1) is 21.4. The van der Waals surface area contributed by atoms with Gasteiger partial charge in [0.2, 0.25) is 0 Å². The minimum absolute atomic E-state index is 0.231. The van der Waals surface area contributed by atoms with E-state index in [9.17, 15) is 9.59 Å². The highest BCUT2D eigenvalue weighted by Gasteiger charge is 2.12. The lowest BCUT2D eigenvalue weighted by Crippen LogP contribution is -2.23. The van der Waals surface area contributed by atoms with E-state index in [-0.39, 0.29) is 5.91 Å². The summed E-state index contributed by atoms with van der Waals surface area (Å²) in [6, 6.07) is 22.0. The van der Waals surface area contributed by atoms with Gasteiger partial charge in [0, 0.05) is 24.3 Å². The fraction of sp³-hybridized carbons (Fsp3) is 0.200. The fourth-order valence-electron chi connectivity index (χ4n) is 3.29. The topological polar surface area (TPSA) is 76.7 Å². The molecule has 0 aliphatic heterocycles. The molecule has 0 aliphatic rings. The number of carbonyl (C=O) groups excluding carboxylic acids is 1. The average molecular weight is 431 g/mol. The Labute approximate surface area is 185 Å². The number of hydrogen-bond acceptors (Lipinski definition) is 5. The molecule has 1 aromatic heterocycles. The van der Waals surface area contributed by atoms with Crippen LogP contribution in [0.4, 0.5) is 5.69 Å². The first-order valence-electron chi connectivity index (χ1n) is 10.4. The van der Waals surface area contributed by atoms with E-state index in [2.05, 4.69) is 5.32 Å². The van der Waals surface area contributed by atoms with Gasteiger partial charge in [-0.2, -0.15) is 0 Å². The molecular formula is C25H25N3O4. The van der Waals surface area contributed by atoms with Crippen molar-refractivity contribution in [2.75, 3.05) is 26.0 Å². The zero-order valence-electron chi connectivity index (χ0n) is 18.1. The van der Waals surface area contributed by atoms with Crippen LogP contribution in [-0.2, 0) is 13.2 Å². The van der Waals surface area contributed by atoms with Gasteiger partial charge in [0.25, 0.3) is 5.91 Å². The van der Waals surface area contributed by atoms with Crippen LogP contribution in [0.5, 0.6) is 5.75 Å². The second-order valence-corrected chi connectivity index (χ2v) is 7.76. The third-order valence-electron chi connectivity index (χ3n) is 5.06. The molecule has 0 radical (unpaired) electrons. The number of nitrogens with one attached hydrogen (secondary N) is 1. The third kappa shape index (κ3) is 5.07. The Morgan fingerprint density at radius 3 is 2.50 bits per heavy atom. The molecule has 3 aromatic carbocycles. The molecule has 0 atom stereocenters. The highest BCUT2D eigenvalue weighted by molar-refractivity contribution is 6.04. The normalized spacial score (nSPS) is 11.1. The number of nitrogens with zero attached hydrogens (tertiary/aromatic N) is 2.